The van der Waals surface area contributed by atoms with E-state index in [1.54, 1.807) is 0 Å². The summed E-state index contributed by atoms with van der Waals surface area (Å²) >= 11 is 0. The molecule has 0 bridgehead atoms. The van der Waals surface area contributed by atoms with Crippen LogP contribution < -0.4 is 20.5 Å². The number of nitrogens with zero attached hydrogens (tertiary/aromatic N) is 2. The van der Waals surface area contributed by atoms with Gasteiger partial charge in [-0.1, -0.05) is 5.10 Å². The molecule has 0 saturated heterocycles. The molecule has 0 unspecified atom stereocenters. The molecular weight excluding hydrogens is 248 g/mol. The van der Waals surface area contributed by atoms with Crippen molar-refractivity contribution in [3.63, 3.8) is 0 Å². The van der Waals surface area contributed by atoms with Crippen LogP contribution >= 0.6 is 0 Å². The normalized spacial score (nSPS) is 13.9. The second kappa shape index (κ2) is 5.15. The SMILES string of the molecule is NCc1nnc(Nc2ccc3c(c2)OCCCO3)o1. The molecular formula is C12H14N4O3. The Kier molecular flexibility index (Phi) is 3.20. The Labute approximate surface area is 109 Å². The van der Waals surface area contributed by atoms with E-state index in [0.717, 1.165) is 17.9 Å². The fraction of sp³-hybridized carbons (Fsp3) is 0.333. The maximum atomic E-state index is 5.60. The van der Waals surface area contributed by atoms with Crippen molar-refractivity contribution in [2.75, 3.05) is 18.5 Å². The van der Waals surface area contributed by atoms with Crippen molar-refractivity contribution in [2.45, 2.75) is 13.0 Å². The van der Waals surface area contributed by atoms with Gasteiger partial charge < -0.3 is 24.9 Å². The van der Waals surface area contributed by atoms with Crippen molar-refractivity contribution < 1.29 is 13.9 Å². The molecule has 7 heteroatoms. The average molecular weight is 262 g/mol. The van der Waals surface area contributed by atoms with Crippen molar-refractivity contribution in [1.82, 2.24) is 10.2 Å². The summed E-state index contributed by atoms with van der Waals surface area (Å²) in [6.45, 7) is 1.54. The molecule has 3 rings (SSSR count). The summed E-state index contributed by atoms with van der Waals surface area (Å²) in [4.78, 5) is 0. The van der Waals surface area contributed by atoms with Crippen LogP contribution in [0.5, 0.6) is 11.5 Å². The van der Waals surface area contributed by atoms with Crippen LogP contribution in [0.4, 0.5) is 11.7 Å². The van der Waals surface area contributed by atoms with Gasteiger partial charge in [-0.25, -0.2) is 0 Å². The van der Waals surface area contributed by atoms with Crippen LogP contribution in [0.15, 0.2) is 22.6 Å². The molecule has 0 saturated carbocycles. The molecule has 0 amide bonds. The van der Waals surface area contributed by atoms with Crippen LogP contribution in [-0.2, 0) is 6.54 Å². The Balaban J connectivity index is 1.79. The lowest BCUT2D eigenvalue weighted by molar-refractivity contribution is 0.297. The van der Waals surface area contributed by atoms with E-state index >= 15 is 0 Å². The van der Waals surface area contributed by atoms with Gasteiger partial charge in [-0.2, -0.15) is 0 Å². The van der Waals surface area contributed by atoms with Gasteiger partial charge >= 0.3 is 6.01 Å². The lowest BCUT2D eigenvalue weighted by Gasteiger charge is -2.09. The molecule has 1 aliphatic heterocycles. The van der Waals surface area contributed by atoms with E-state index < -0.39 is 0 Å². The van der Waals surface area contributed by atoms with E-state index in [0.29, 0.717) is 30.9 Å². The molecule has 0 fully saturated rings. The summed E-state index contributed by atoms with van der Waals surface area (Å²) in [7, 11) is 0. The van der Waals surface area contributed by atoms with Crippen molar-refractivity contribution >= 4 is 11.7 Å². The van der Waals surface area contributed by atoms with Gasteiger partial charge in [0.25, 0.3) is 0 Å². The third-order valence-electron chi connectivity index (χ3n) is 2.64. The van der Waals surface area contributed by atoms with E-state index in [1.807, 2.05) is 18.2 Å². The predicted octanol–water partition coefficient (Wildman–Crippen LogP) is 1.43. The summed E-state index contributed by atoms with van der Waals surface area (Å²) in [5.74, 6) is 1.84. The first-order valence-electron chi connectivity index (χ1n) is 6.04. The Bertz CT molecular complexity index is 570. The minimum absolute atomic E-state index is 0.218. The number of hydrogen-bond donors (Lipinski definition) is 2. The number of nitrogens with one attached hydrogen (secondary N) is 1. The minimum atomic E-state index is 0.218. The van der Waals surface area contributed by atoms with Gasteiger partial charge in [0, 0.05) is 18.2 Å². The molecule has 7 nitrogen and oxygen atoms in total. The number of fused-ring (bicyclic) bond motifs is 1. The molecule has 0 radical (unpaired) electrons. The third-order valence-corrected chi connectivity index (χ3v) is 2.64. The summed E-state index contributed by atoms with van der Waals surface area (Å²) in [6, 6.07) is 5.85. The molecule has 3 N–H and O–H groups in total. The van der Waals surface area contributed by atoms with E-state index in [1.165, 1.54) is 0 Å². The largest absolute Gasteiger partial charge is 0.490 e. The first kappa shape index (κ1) is 11.8. The fourth-order valence-electron chi connectivity index (χ4n) is 1.75. The van der Waals surface area contributed by atoms with Gasteiger partial charge in [-0.3, -0.25) is 0 Å². The highest BCUT2D eigenvalue weighted by molar-refractivity contribution is 5.59. The van der Waals surface area contributed by atoms with Crippen LogP contribution in [-0.4, -0.2) is 23.4 Å². The van der Waals surface area contributed by atoms with Gasteiger partial charge in [0.15, 0.2) is 11.5 Å². The van der Waals surface area contributed by atoms with Crippen LogP contribution in [0.25, 0.3) is 0 Å². The van der Waals surface area contributed by atoms with Crippen LogP contribution in [0.2, 0.25) is 0 Å². The van der Waals surface area contributed by atoms with E-state index in [2.05, 4.69) is 15.5 Å². The Hall–Kier alpha value is -2.28. The molecule has 0 spiro atoms. The Morgan fingerprint density at radius 3 is 2.79 bits per heavy atom. The highest BCUT2D eigenvalue weighted by Crippen LogP contribution is 2.33. The number of aromatic nitrogens is 2. The Morgan fingerprint density at radius 1 is 1.16 bits per heavy atom. The monoisotopic (exact) mass is 262 g/mol. The topological polar surface area (TPSA) is 95.4 Å². The zero-order valence-electron chi connectivity index (χ0n) is 10.3. The maximum Gasteiger partial charge on any atom is 0.320 e. The standard InChI is InChI=1S/C12H14N4O3/c13-7-11-15-16-12(19-11)14-8-2-3-9-10(6-8)18-5-1-4-17-9/h2-3,6H,1,4-5,7,13H2,(H,14,16). The molecule has 2 aromatic rings. The molecule has 0 atom stereocenters. The molecule has 1 aromatic carbocycles. The number of anilines is 2. The number of ether oxygens (including phenoxy) is 2. The summed E-state index contributed by atoms with van der Waals surface area (Å²) in [6.07, 6.45) is 0.876. The van der Waals surface area contributed by atoms with Gasteiger partial charge in [-0.15, -0.1) is 5.10 Å². The smallest absolute Gasteiger partial charge is 0.320 e. The van der Waals surface area contributed by atoms with Gasteiger partial charge in [0.05, 0.1) is 19.8 Å². The summed E-state index contributed by atoms with van der Waals surface area (Å²) in [5, 5.41) is 10.6. The minimum Gasteiger partial charge on any atom is -0.490 e. The number of hydrogen-bond acceptors (Lipinski definition) is 7. The second-order valence-corrected chi connectivity index (χ2v) is 4.04. The number of benzene rings is 1. The highest BCUT2D eigenvalue weighted by Gasteiger charge is 2.12. The summed E-state index contributed by atoms with van der Waals surface area (Å²) in [5.41, 5.74) is 6.19. The van der Waals surface area contributed by atoms with Crippen molar-refractivity contribution in [3.05, 3.63) is 24.1 Å². The lowest BCUT2D eigenvalue weighted by Crippen LogP contribution is -1.97. The van der Waals surface area contributed by atoms with Gasteiger partial charge in [0.1, 0.15) is 0 Å². The number of nitrogens with two attached hydrogens (primary N) is 1. The predicted molar refractivity (Wildman–Crippen MR) is 67.5 cm³/mol. The fourth-order valence-corrected chi connectivity index (χ4v) is 1.75. The van der Waals surface area contributed by atoms with Crippen LogP contribution in [0.3, 0.4) is 0 Å². The molecule has 1 aromatic heterocycles. The Morgan fingerprint density at radius 2 is 2.00 bits per heavy atom. The van der Waals surface area contributed by atoms with Crippen molar-refractivity contribution in [2.24, 2.45) is 5.73 Å². The molecule has 19 heavy (non-hydrogen) atoms. The van der Waals surface area contributed by atoms with Crippen LogP contribution in [0, 0.1) is 0 Å². The van der Waals surface area contributed by atoms with Crippen molar-refractivity contribution in [3.8, 4) is 11.5 Å². The first-order valence-corrected chi connectivity index (χ1v) is 6.04. The molecule has 0 aliphatic carbocycles. The summed E-state index contributed by atoms with van der Waals surface area (Å²) < 4.78 is 16.4. The quantitative estimate of drug-likeness (QED) is 0.863. The lowest BCUT2D eigenvalue weighted by atomic mass is 10.3. The molecule has 100 valence electrons. The zero-order chi connectivity index (χ0) is 13.1. The van der Waals surface area contributed by atoms with Gasteiger partial charge in [-0.05, 0) is 12.1 Å². The van der Waals surface area contributed by atoms with Crippen molar-refractivity contribution in [1.29, 1.82) is 0 Å². The van der Waals surface area contributed by atoms with E-state index in [-0.39, 0.29) is 6.54 Å². The van der Waals surface area contributed by atoms with Gasteiger partial charge in [0.2, 0.25) is 5.89 Å². The second-order valence-electron chi connectivity index (χ2n) is 4.04. The van der Waals surface area contributed by atoms with E-state index in [4.69, 9.17) is 19.6 Å². The highest BCUT2D eigenvalue weighted by atomic mass is 16.5. The third kappa shape index (κ3) is 2.60. The zero-order valence-corrected chi connectivity index (χ0v) is 10.3. The average Bonchev–Trinajstić information content (AvgIpc) is 2.75. The number of rotatable bonds is 3. The van der Waals surface area contributed by atoms with Crippen LogP contribution in [0.1, 0.15) is 12.3 Å². The molecule has 2 heterocycles. The maximum absolute atomic E-state index is 5.60. The first-order chi connectivity index (χ1) is 9.35. The van der Waals surface area contributed by atoms with E-state index in [9.17, 15) is 0 Å². The molecule has 1 aliphatic rings.